The Balaban J connectivity index is 2.06. The largest absolute Gasteiger partial charge is 0.459 e. The van der Waals surface area contributed by atoms with Crippen molar-refractivity contribution in [3.05, 3.63) is 48.3 Å². The average Bonchev–Trinajstić information content (AvgIpc) is 2.75. The van der Waals surface area contributed by atoms with Gasteiger partial charge in [0.25, 0.3) is 0 Å². The van der Waals surface area contributed by atoms with Crippen molar-refractivity contribution in [1.29, 1.82) is 0 Å². The van der Waals surface area contributed by atoms with Gasteiger partial charge in [-0.05, 0) is 59.9 Å². The average molecular weight is 504 g/mol. The summed E-state index contributed by atoms with van der Waals surface area (Å²) in [4.78, 5) is 52.7. The molecule has 0 saturated heterocycles. The molecule has 3 amide bonds. The third kappa shape index (κ3) is 9.97. The molecule has 0 bridgehead atoms. The van der Waals surface area contributed by atoms with Crippen molar-refractivity contribution >= 4 is 24.1 Å². The van der Waals surface area contributed by atoms with Gasteiger partial charge < -0.3 is 24.4 Å². The minimum atomic E-state index is -0.916. The Kier molecular flexibility index (Phi) is 9.89. The summed E-state index contributed by atoms with van der Waals surface area (Å²) in [6.45, 7) is 10.5. The standard InChI is InChI=1S/C26H37N3O7/c1-25(2,3)35-21(30)17-28-15-16-29(24(33)34-18-19-11-8-7-9-12-19)20(22(28)31)13-10-14-27-23(32)36-26(4,5)6/h7-9,11-12,15-16,20H,10,13-14,17-18H2,1-6H3,(H,27,32)/t20-/m0/s1. The number of nitrogens with one attached hydrogen (secondary N) is 1. The van der Waals surface area contributed by atoms with E-state index in [4.69, 9.17) is 14.2 Å². The first-order valence-electron chi connectivity index (χ1n) is 11.9. The molecule has 0 unspecified atom stereocenters. The minimum Gasteiger partial charge on any atom is -0.459 e. The summed E-state index contributed by atoms with van der Waals surface area (Å²) >= 11 is 0. The van der Waals surface area contributed by atoms with Gasteiger partial charge in [-0.3, -0.25) is 14.5 Å². The number of benzene rings is 1. The summed E-state index contributed by atoms with van der Waals surface area (Å²) in [5, 5.41) is 2.64. The van der Waals surface area contributed by atoms with E-state index in [1.807, 2.05) is 30.3 Å². The van der Waals surface area contributed by atoms with E-state index >= 15 is 0 Å². The van der Waals surface area contributed by atoms with Gasteiger partial charge in [0, 0.05) is 18.9 Å². The number of nitrogens with zero attached hydrogens (tertiary/aromatic N) is 2. The lowest BCUT2D eigenvalue weighted by Crippen LogP contribution is -2.52. The quantitative estimate of drug-likeness (QED) is 0.324. The number of alkyl carbamates (subject to hydrolysis) is 1. The molecule has 10 nitrogen and oxygen atoms in total. The van der Waals surface area contributed by atoms with Crippen LogP contribution in [-0.4, -0.2) is 64.2 Å². The predicted octanol–water partition coefficient (Wildman–Crippen LogP) is 3.95. The fourth-order valence-electron chi connectivity index (χ4n) is 3.33. The van der Waals surface area contributed by atoms with Crippen molar-refractivity contribution in [1.82, 2.24) is 15.1 Å². The number of hydrogen-bond acceptors (Lipinski definition) is 7. The van der Waals surface area contributed by atoms with E-state index in [-0.39, 0.29) is 26.1 Å². The molecule has 0 saturated carbocycles. The minimum absolute atomic E-state index is 0.0484. The molecule has 1 aliphatic heterocycles. The highest BCUT2D eigenvalue weighted by Gasteiger charge is 2.36. The van der Waals surface area contributed by atoms with E-state index in [9.17, 15) is 19.2 Å². The Morgan fingerprint density at radius 1 is 0.944 bits per heavy atom. The van der Waals surface area contributed by atoms with Gasteiger partial charge >= 0.3 is 18.2 Å². The Labute approximate surface area is 212 Å². The fourth-order valence-corrected chi connectivity index (χ4v) is 3.33. The van der Waals surface area contributed by atoms with E-state index in [0.717, 1.165) is 5.56 Å². The van der Waals surface area contributed by atoms with Crippen LogP contribution in [0.15, 0.2) is 42.7 Å². The van der Waals surface area contributed by atoms with Gasteiger partial charge in [0.1, 0.15) is 30.4 Å². The number of carbonyl (C=O) groups is 4. The van der Waals surface area contributed by atoms with Crippen LogP contribution in [0.1, 0.15) is 59.9 Å². The van der Waals surface area contributed by atoms with Crippen molar-refractivity contribution in [2.75, 3.05) is 13.1 Å². The van der Waals surface area contributed by atoms with Gasteiger partial charge in [-0.2, -0.15) is 0 Å². The van der Waals surface area contributed by atoms with E-state index in [1.54, 1.807) is 41.5 Å². The van der Waals surface area contributed by atoms with Gasteiger partial charge in [-0.15, -0.1) is 0 Å². The molecular formula is C26H37N3O7. The van der Waals surface area contributed by atoms with Crippen molar-refractivity contribution in [2.24, 2.45) is 0 Å². The smallest absolute Gasteiger partial charge is 0.414 e. The van der Waals surface area contributed by atoms with E-state index in [0.29, 0.717) is 6.42 Å². The Morgan fingerprint density at radius 3 is 2.19 bits per heavy atom. The van der Waals surface area contributed by atoms with Gasteiger partial charge in [0.15, 0.2) is 0 Å². The van der Waals surface area contributed by atoms with E-state index in [2.05, 4.69) is 5.32 Å². The summed E-state index contributed by atoms with van der Waals surface area (Å²) in [7, 11) is 0. The monoisotopic (exact) mass is 503 g/mol. The molecule has 1 aromatic rings. The van der Waals surface area contributed by atoms with Gasteiger partial charge in [0.05, 0.1) is 0 Å². The Hall–Kier alpha value is -3.56. The zero-order valence-corrected chi connectivity index (χ0v) is 21.9. The van der Waals surface area contributed by atoms with Crippen LogP contribution in [0.4, 0.5) is 9.59 Å². The van der Waals surface area contributed by atoms with Crippen LogP contribution in [0.25, 0.3) is 0 Å². The van der Waals surface area contributed by atoms with Crippen LogP contribution < -0.4 is 5.32 Å². The third-order valence-electron chi connectivity index (χ3n) is 4.77. The molecule has 2 rings (SSSR count). The number of carbonyl (C=O) groups excluding carboxylic acids is 4. The molecule has 1 aliphatic rings. The second-order valence-electron chi connectivity index (χ2n) is 10.4. The van der Waals surface area contributed by atoms with Crippen LogP contribution in [0.5, 0.6) is 0 Å². The molecule has 1 aromatic carbocycles. The molecule has 0 radical (unpaired) electrons. The van der Waals surface area contributed by atoms with Crippen LogP contribution in [0.3, 0.4) is 0 Å². The highest BCUT2D eigenvalue weighted by molar-refractivity contribution is 5.90. The molecule has 1 heterocycles. The van der Waals surface area contributed by atoms with E-state index < -0.39 is 41.3 Å². The number of ether oxygens (including phenoxy) is 3. The zero-order chi connectivity index (χ0) is 26.9. The molecule has 0 fully saturated rings. The van der Waals surface area contributed by atoms with Crippen LogP contribution in [-0.2, 0) is 30.4 Å². The van der Waals surface area contributed by atoms with Gasteiger partial charge in [-0.25, -0.2) is 9.59 Å². The lowest BCUT2D eigenvalue weighted by molar-refractivity contribution is -0.158. The number of amides is 3. The molecule has 0 aliphatic carbocycles. The first-order valence-corrected chi connectivity index (χ1v) is 11.9. The van der Waals surface area contributed by atoms with Crippen LogP contribution >= 0.6 is 0 Å². The summed E-state index contributed by atoms with van der Waals surface area (Å²) in [6.07, 6.45) is 2.14. The second-order valence-corrected chi connectivity index (χ2v) is 10.4. The molecular weight excluding hydrogens is 466 g/mol. The topological polar surface area (TPSA) is 114 Å². The highest BCUT2D eigenvalue weighted by Crippen LogP contribution is 2.20. The van der Waals surface area contributed by atoms with E-state index in [1.165, 1.54) is 22.2 Å². The third-order valence-corrected chi connectivity index (χ3v) is 4.77. The molecule has 0 spiro atoms. The molecule has 10 heteroatoms. The predicted molar refractivity (Wildman–Crippen MR) is 132 cm³/mol. The highest BCUT2D eigenvalue weighted by atomic mass is 16.6. The molecule has 198 valence electrons. The van der Waals surface area contributed by atoms with Crippen molar-refractivity contribution in [2.45, 2.75) is 78.2 Å². The maximum Gasteiger partial charge on any atom is 0.414 e. The van der Waals surface area contributed by atoms with Crippen molar-refractivity contribution in [3.63, 3.8) is 0 Å². The number of rotatable bonds is 8. The van der Waals surface area contributed by atoms with Crippen LogP contribution in [0.2, 0.25) is 0 Å². The van der Waals surface area contributed by atoms with Crippen molar-refractivity contribution in [3.8, 4) is 0 Å². The van der Waals surface area contributed by atoms with Crippen LogP contribution in [0, 0.1) is 0 Å². The van der Waals surface area contributed by atoms with Gasteiger partial charge in [-0.1, -0.05) is 30.3 Å². The lowest BCUT2D eigenvalue weighted by atomic mass is 10.1. The Morgan fingerprint density at radius 2 is 1.58 bits per heavy atom. The first-order chi connectivity index (χ1) is 16.7. The number of hydrogen-bond donors (Lipinski definition) is 1. The maximum absolute atomic E-state index is 13.2. The number of esters is 1. The summed E-state index contributed by atoms with van der Waals surface area (Å²) in [5.74, 6) is -1.01. The molecule has 0 aromatic heterocycles. The second kappa shape index (κ2) is 12.4. The normalized spacial score (nSPS) is 15.9. The summed E-state index contributed by atoms with van der Waals surface area (Å²) in [5.41, 5.74) is -0.516. The Bertz CT molecular complexity index is 949. The SMILES string of the molecule is CC(C)(C)OC(=O)CN1C=CN(C(=O)OCc2ccccc2)[C@@H](CCCNC(=O)OC(C)(C)C)C1=O. The zero-order valence-electron chi connectivity index (χ0n) is 21.9. The summed E-state index contributed by atoms with van der Waals surface area (Å²) in [6, 6.07) is 8.27. The molecule has 1 N–H and O–H groups in total. The fraction of sp³-hybridized carbons (Fsp3) is 0.538. The molecule has 1 atom stereocenters. The van der Waals surface area contributed by atoms with Crippen molar-refractivity contribution < 1.29 is 33.4 Å². The van der Waals surface area contributed by atoms with Gasteiger partial charge in [0.2, 0.25) is 5.91 Å². The lowest BCUT2D eigenvalue weighted by Gasteiger charge is -2.35. The maximum atomic E-state index is 13.2. The summed E-state index contributed by atoms with van der Waals surface area (Å²) < 4.78 is 15.9. The first kappa shape index (κ1) is 28.7. The molecule has 36 heavy (non-hydrogen) atoms.